The lowest BCUT2D eigenvalue weighted by molar-refractivity contribution is -0.519. The summed E-state index contributed by atoms with van der Waals surface area (Å²) >= 11 is 0. The Morgan fingerprint density at radius 1 is 0.633 bits per heavy atom. The van der Waals surface area contributed by atoms with E-state index in [1.165, 1.54) is 0 Å². The lowest BCUT2D eigenvalue weighted by Gasteiger charge is -2.53. The van der Waals surface area contributed by atoms with Gasteiger partial charge in [0, 0.05) is 0 Å². The molecule has 3 fully saturated rings. The minimum Gasteiger partial charge on any atom is -0.504 e. The first-order valence-electron chi connectivity index (χ1n) is 13.3. The monoisotopic (exact) mass is 712 g/mol. The molecular formula is C27H21O21P. The molecule has 6 atom stereocenters. The van der Waals surface area contributed by atoms with Crippen molar-refractivity contribution in [3.8, 4) is 51.7 Å². The normalized spacial score (nSPS) is 28.2. The van der Waals surface area contributed by atoms with Crippen LogP contribution in [0.2, 0.25) is 0 Å². The Kier molecular flexibility index (Phi) is 7.68. The van der Waals surface area contributed by atoms with Crippen LogP contribution in [-0.4, -0.2) is 110 Å². The number of aliphatic hydroxyl groups excluding tert-OH is 1. The number of fused-ring (bicyclic) bond motifs is 1. The molecule has 49 heavy (non-hydrogen) atoms. The number of aromatic hydroxyl groups is 9. The lowest BCUT2D eigenvalue weighted by Crippen LogP contribution is -2.80. The van der Waals surface area contributed by atoms with Crippen LogP contribution in [0.25, 0.3) is 0 Å². The van der Waals surface area contributed by atoms with E-state index in [1.54, 1.807) is 0 Å². The summed E-state index contributed by atoms with van der Waals surface area (Å²) in [5, 5.41) is 111. The number of carbonyl (C=O) groups excluding carboxylic acids is 3. The van der Waals surface area contributed by atoms with Crippen LogP contribution in [0.3, 0.4) is 0 Å². The number of benzene rings is 3. The smallest absolute Gasteiger partial charge is 0.401 e. The third kappa shape index (κ3) is 5.04. The highest BCUT2D eigenvalue weighted by atomic mass is 31.2. The van der Waals surface area contributed by atoms with Crippen molar-refractivity contribution in [1.29, 1.82) is 0 Å². The maximum Gasteiger partial charge on any atom is 0.401 e. The molecule has 6 rings (SSSR count). The van der Waals surface area contributed by atoms with E-state index in [-0.39, 0.29) is 0 Å². The third-order valence-corrected chi connectivity index (χ3v) is 8.54. The van der Waals surface area contributed by atoms with Gasteiger partial charge in [0.15, 0.2) is 57.8 Å². The number of phenolic OH excluding ortho intramolecular Hbond substituents is 9. The fourth-order valence-electron chi connectivity index (χ4n) is 4.86. The molecule has 21 nitrogen and oxygen atoms in total. The molecule has 0 saturated carbocycles. The van der Waals surface area contributed by atoms with Crippen molar-refractivity contribution in [2.45, 2.75) is 29.8 Å². The van der Waals surface area contributed by atoms with Gasteiger partial charge in [-0.15, -0.1) is 0 Å². The highest BCUT2D eigenvalue weighted by Crippen LogP contribution is 2.74. The summed E-state index contributed by atoms with van der Waals surface area (Å²) in [5.41, 5.74) is -1.95. The summed E-state index contributed by atoms with van der Waals surface area (Å²) in [6.07, 6.45) is -4.54. The molecule has 3 aliphatic rings. The van der Waals surface area contributed by atoms with E-state index in [2.05, 4.69) is 0 Å². The number of carbonyl (C=O) groups is 3. The number of phenols is 9. The molecule has 0 aromatic heterocycles. The van der Waals surface area contributed by atoms with Crippen LogP contribution in [0.4, 0.5) is 0 Å². The molecule has 3 aromatic carbocycles. The summed E-state index contributed by atoms with van der Waals surface area (Å²) in [6, 6.07) is 3.84. The second kappa shape index (κ2) is 11.3. The Bertz CT molecular complexity index is 1850. The van der Waals surface area contributed by atoms with Gasteiger partial charge in [-0.1, -0.05) is 0 Å². The minimum atomic E-state index is -3.45. The molecule has 0 spiro atoms. The number of hydrogen-bond donors (Lipinski definition) is 11. The van der Waals surface area contributed by atoms with Crippen molar-refractivity contribution >= 4 is 26.5 Å². The van der Waals surface area contributed by atoms with Crippen LogP contribution < -0.4 is 0 Å². The Morgan fingerprint density at radius 3 is 1.47 bits per heavy atom. The van der Waals surface area contributed by atoms with Crippen molar-refractivity contribution in [1.82, 2.24) is 0 Å². The average molecular weight is 712 g/mol. The van der Waals surface area contributed by atoms with Crippen molar-refractivity contribution < 1.29 is 103 Å². The van der Waals surface area contributed by atoms with E-state index >= 15 is 0 Å². The second-order valence-corrected chi connectivity index (χ2v) is 11.4. The Hall–Kier alpha value is -5.54. The van der Waals surface area contributed by atoms with Gasteiger partial charge in [-0.05, 0) is 36.4 Å². The van der Waals surface area contributed by atoms with Crippen molar-refractivity contribution in [2.24, 2.45) is 0 Å². The predicted octanol–water partition coefficient (Wildman–Crippen LogP) is 0.0101. The fourth-order valence-corrected chi connectivity index (χ4v) is 6.32. The van der Waals surface area contributed by atoms with Crippen LogP contribution >= 0.6 is 8.60 Å². The number of hydrogen-bond acceptors (Lipinski definition) is 21. The zero-order valence-corrected chi connectivity index (χ0v) is 24.7. The van der Waals surface area contributed by atoms with Crippen LogP contribution in [0.1, 0.15) is 31.1 Å². The first kappa shape index (κ1) is 33.4. The topological polar surface area (TPSA) is 338 Å². The number of ether oxygens (including phenoxy) is 4. The van der Waals surface area contributed by atoms with E-state index in [4.69, 9.17) is 32.5 Å². The molecule has 260 valence electrons. The van der Waals surface area contributed by atoms with Gasteiger partial charge in [0.25, 0.3) is 0 Å². The minimum absolute atomic E-state index is 0.542. The summed E-state index contributed by atoms with van der Waals surface area (Å²) in [4.78, 5) is 39.3. The van der Waals surface area contributed by atoms with Gasteiger partial charge in [-0.2, -0.15) is 0 Å². The SMILES string of the molecule is O=C(OC[C@H]1O[C@@]2(OC(=O)c3cc(O)c(O)c(O)c3)OP3O[C@@](OC(=O)c4cc(O)c(O)c(O)c4)([C@@H]1O)[C@@]2(O)O3)c1cc(O)c(O)c(O)c1. The number of rotatable bonds is 7. The molecule has 11 N–H and O–H groups in total. The zero-order valence-electron chi connectivity index (χ0n) is 23.8. The standard InChI is InChI=1S/C27H21O21P/c28-11-1-8(2-12(29)18(11)34)22(38)42-7-17-21(37)25(44-23(39)9-3-13(30)19(35)14(31)4-9)26(41)27(43-17,48-49(46-25)47-26)45-24(40)10-5-15(32)20(36)16(33)6-10/h1-6,17,21,28-37,41H,7H2/t17-,21-,25+,26-,27+,49?/m1/s1. The molecular weight excluding hydrogens is 691 g/mol. The van der Waals surface area contributed by atoms with E-state index in [0.29, 0.717) is 36.4 Å². The molecule has 3 heterocycles. The van der Waals surface area contributed by atoms with Crippen LogP contribution in [0, 0.1) is 0 Å². The molecule has 1 unspecified atom stereocenters. The first-order chi connectivity index (χ1) is 22.9. The number of esters is 3. The van der Waals surface area contributed by atoms with E-state index < -0.39 is 131 Å². The summed E-state index contributed by atoms with van der Waals surface area (Å²) < 4.78 is 37.2. The quantitative estimate of drug-likeness (QED) is 0.0665. The maximum atomic E-state index is 13.3. The van der Waals surface area contributed by atoms with Crippen molar-refractivity contribution in [2.75, 3.05) is 6.61 Å². The Morgan fingerprint density at radius 2 is 1.04 bits per heavy atom. The van der Waals surface area contributed by atoms with Crippen LogP contribution in [0.15, 0.2) is 36.4 Å². The molecule has 0 aliphatic carbocycles. The highest BCUT2D eigenvalue weighted by molar-refractivity contribution is 7.42. The second-order valence-electron chi connectivity index (χ2n) is 10.4. The van der Waals surface area contributed by atoms with E-state index in [9.17, 15) is 70.6 Å². The molecule has 3 aliphatic heterocycles. The number of aliphatic hydroxyl groups is 2. The molecule has 2 bridgehead atoms. The molecule has 0 amide bonds. The van der Waals surface area contributed by atoms with Gasteiger partial charge < -0.3 is 75.1 Å². The largest absolute Gasteiger partial charge is 0.504 e. The maximum absolute atomic E-state index is 13.3. The first-order valence-corrected chi connectivity index (χ1v) is 14.4. The Balaban J connectivity index is 1.38. The predicted molar refractivity (Wildman–Crippen MR) is 147 cm³/mol. The summed E-state index contributed by atoms with van der Waals surface area (Å²) in [5.74, 6) is -23.3. The van der Waals surface area contributed by atoms with Gasteiger partial charge in [-0.25, -0.2) is 18.9 Å². The van der Waals surface area contributed by atoms with Crippen LogP contribution in [0.5, 0.6) is 51.7 Å². The van der Waals surface area contributed by atoms with Gasteiger partial charge in [0.1, 0.15) is 12.7 Å². The van der Waals surface area contributed by atoms with Crippen molar-refractivity contribution in [3.05, 3.63) is 53.1 Å². The average Bonchev–Trinajstić information content (AvgIpc) is 3.49. The van der Waals surface area contributed by atoms with Gasteiger partial charge >= 0.3 is 44.1 Å². The lowest BCUT2D eigenvalue weighted by atomic mass is 9.89. The highest BCUT2D eigenvalue weighted by Gasteiger charge is 2.91. The fraction of sp³-hybridized carbons (Fsp3) is 0.222. The zero-order chi connectivity index (χ0) is 35.8. The van der Waals surface area contributed by atoms with Crippen LogP contribution in [-0.2, 0) is 32.5 Å². The molecule has 3 saturated heterocycles. The summed E-state index contributed by atoms with van der Waals surface area (Å²) in [7, 11) is -2.95. The van der Waals surface area contributed by atoms with Crippen molar-refractivity contribution in [3.63, 3.8) is 0 Å². The molecule has 3 aromatic rings. The third-order valence-electron chi connectivity index (χ3n) is 7.31. The Labute approximate surface area is 271 Å². The molecule has 22 heteroatoms. The van der Waals surface area contributed by atoms with Gasteiger partial charge in [-0.3, -0.25) is 9.05 Å². The van der Waals surface area contributed by atoms with E-state index in [1.807, 2.05) is 0 Å². The molecule has 0 radical (unpaired) electrons. The van der Waals surface area contributed by atoms with Gasteiger partial charge in [0.05, 0.1) is 16.7 Å². The van der Waals surface area contributed by atoms with Gasteiger partial charge in [0.2, 0.25) is 0 Å². The van der Waals surface area contributed by atoms with E-state index in [0.717, 1.165) is 0 Å². The summed E-state index contributed by atoms with van der Waals surface area (Å²) in [6.45, 7) is -1.11.